The van der Waals surface area contributed by atoms with Gasteiger partial charge in [0.2, 0.25) is 17.7 Å². The van der Waals surface area contributed by atoms with E-state index in [0.717, 1.165) is 36.1 Å². The second kappa shape index (κ2) is 21.4. The predicted molar refractivity (Wildman–Crippen MR) is 202 cm³/mol. The Kier molecular flexibility index (Phi) is 16.1. The van der Waals surface area contributed by atoms with Gasteiger partial charge in [-0.1, -0.05) is 55.0 Å². The summed E-state index contributed by atoms with van der Waals surface area (Å²) in [6.07, 6.45) is 4.00. The molecule has 6 amide bonds. The van der Waals surface area contributed by atoms with Crippen LogP contribution in [0.5, 0.6) is 0 Å². The fourth-order valence-corrected chi connectivity index (χ4v) is 8.33. The number of alkyl carbamates (subject to hydrolysis) is 1. The molecule has 1 aliphatic carbocycles. The van der Waals surface area contributed by atoms with Crippen molar-refractivity contribution in [1.29, 1.82) is 0 Å². The molecule has 2 aromatic rings. The number of carbonyl (C=O) groups excluding carboxylic acids is 5. The topological polar surface area (TPSA) is 185 Å². The Bertz CT molecular complexity index is 1500. The van der Waals surface area contributed by atoms with E-state index in [9.17, 15) is 24.0 Å². The highest BCUT2D eigenvalue weighted by Gasteiger charge is 2.42. The monoisotopic (exact) mass is 752 g/mol. The molecule has 0 unspecified atom stereocenters. The van der Waals surface area contributed by atoms with Crippen LogP contribution < -0.4 is 31.9 Å². The summed E-state index contributed by atoms with van der Waals surface area (Å²) in [6, 6.07) is 16.7. The van der Waals surface area contributed by atoms with Crippen molar-refractivity contribution in [2.24, 2.45) is 0 Å². The molecule has 2 aromatic carbocycles. The van der Waals surface area contributed by atoms with Crippen molar-refractivity contribution in [2.45, 2.75) is 68.2 Å². The Morgan fingerprint density at radius 1 is 0.698 bits per heavy atom. The van der Waals surface area contributed by atoms with Gasteiger partial charge in [-0.05, 0) is 47.9 Å². The maximum absolute atomic E-state index is 12.3. The second-order valence-corrected chi connectivity index (χ2v) is 14.6. The minimum Gasteiger partial charge on any atom is -0.449 e. The van der Waals surface area contributed by atoms with Crippen LogP contribution in [0.1, 0.15) is 62.0 Å². The molecule has 3 aliphatic rings. The molecule has 2 fully saturated rings. The van der Waals surface area contributed by atoms with Gasteiger partial charge in [-0.15, -0.1) is 0 Å². The minimum absolute atomic E-state index is 0.00498. The molecule has 53 heavy (non-hydrogen) atoms. The van der Waals surface area contributed by atoms with Crippen molar-refractivity contribution in [1.82, 2.24) is 31.9 Å². The number of nitrogens with one attached hydrogen (secondary N) is 6. The number of unbranched alkanes of at least 4 members (excludes halogenated alkanes) is 1. The van der Waals surface area contributed by atoms with Crippen LogP contribution in [0.3, 0.4) is 0 Å². The maximum Gasteiger partial charge on any atom is 0.407 e. The largest absolute Gasteiger partial charge is 0.449 e. The van der Waals surface area contributed by atoms with Crippen LogP contribution in [-0.4, -0.2) is 112 Å². The number of ether oxygens (including phenoxy) is 3. The van der Waals surface area contributed by atoms with Crippen LogP contribution in [0, 0.1) is 0 Å². The third kappa shape index (κ3) is 12.6. The van der Waals surface area contributed by atoms with Crippen molar-refractivity contribution in [3.8, 4) is 11.1 Å². The first-order valence-corrected chi connectivity index (χ1v) is 19.7. The average molecular weight is 753 g/mol. The van der Waals surface area contributed by atoms with Gasteiger partial charge in [-0.2, -0.15) is 11.8 Å². The first-order valence-electron chi connectivity index (χ1n) is 18.6. The number of thioether (sulfide) groups is 1. The summed E-state index contributed by atoms with van der Waals surface area (Å²) >= 11 is 1.88. The van der Waals surface area contributed by atoms with Crippen LogP contribution >= 0.6 is 11.8 Å². The Balaban J connectivity index is 0.767. The lowest BCUT2D eigenvalue weighted by Crippen LogP contribution is -2.36. The van der Waals surface area contributed by atoms with E-state index in [1.807, 2.05) is 36.0 Å². The predicted octanol–water partition coefficient (Wildman–Crippen LogP) is 2.80. The van der Waals surface area contributed by atoms with Gasteiger partial charge in [0.15, 0.2) is 0 Å². The van der Waals surface area contributed by atoms with Crippen molar-refractivity contribution in [3.63, 3.8) is 0 Å². The molecule has 0 saturated carbocycles. The lowest BCUT2D eigenvalue weighted by molar-refractivity contribution is -0.126. The third-order valence-electron chi connectivity index (χ3n) is 9.45. The van der Waals surface area contributed by atoms with E-state index in [4.69, 9.17) is 14.2 Å². The van der Waals surface area contributed by atoms with Crippen LogP contribution in [0.4, 0.5) is 9.59 Å². The second-order valence-electron chi connectivity index (χ2n) is 13.3. The van der Waals surface area contributed by atoms with Crippen LogP contribution in [0.25, 0.3) is 11.1 Å². The maximum atomic E-state index is 12.3. The van der Waals surface area contributed by atoms with Gasteiger partial charge in [0, 0.05) is 55.9 Å². The highest BCUT2D eigenvalue weighted by molar-refractivity contribution is 8.00. The normalized spacial score (nSPS) is 18.3. The van der Waals surface area contributed by atoms with E-state index < -0.39 is 6.09 Å². The Hall–Kier alpha value is -4.34. The van der Waals surface area contributed by atoms with Gasteiger partial charge in [0.25, 0.3) is 0 Å². The molecule has 3 atom stereocenters. The molecule has 0 spiro atoms. The minimum atomic E-state index is -0.503. The molecular weight excluding hydrogens is 701 g/mol. The quantitative estimate of drug-likeness (QED) is 0.0734. The molecule has 288 valence electrons. The van der Waals surface area contributed by atoms with Gasteiger partial charge < -0.3 is 46.1 Å². The number of carbonyl (C=O) groups is 5. The zero-order valence-electron chi connectivity index (χ0n) is 30.1. The summed E-state index contributed by atoms with van der Waals surface area (Å²) in [5.74, 6) is 0.553. The molecular formula is C38H52N6O8S. The summed E-state index contributed by atoms with van der Waals surface area (Å²) in [4.78, 5) is 60.0. The molecule has 14 nitrogen and oxygen atoms in total. The lowest BCUT2D eigenvalue weighted by Gasteiger charge is -2.16. The smallest absolute Gasteiger partial charge is 0.407 e. The van der Waals surface area contributed by atoms with E-state index in [0.29, 0.717) is 63.9 Å². The fourth-order valence-electron chi connectivity index (χ4n) is 6.78. The highest BCUT2D eigenvalue weighted by Crippen LogP contribution is 2.44. The van der Waals surface area contributed by atoms with Crippen molar-refractivity contribution in [2.75, 3.05) is 65.0 Å². The van der Waals surface area contributed by atoms with E-state index in [1.54, 1.807) is 0 Å². The first-order chi connectivity index (χ1) is 25.9. The number of hydrogen-bond acceptors (Lipinski definition) is 9. The summed E-state index contributed by atoms with van der Waals surface area (Å²) < 4.78 is 16.3. The molecule has 6 N–H and O–H groups in total. The van der Waals surface area contributed by atoms with Crippen LogP contribution in [0.2, 0.25) is 0 Å². The number of benzene rings is 2. The fraction of sp³-hybridized carbons (Fsp3) is 0.553. The Labute approximate surface area is 315 Å². The number of rotatable bonds is 23. The number of hydrogen-bond donors (Lipinski definition) is 6. The van der Waals surface area contributed by atoms with Crippen LogP contribution in [0.15, 0.2) is 48.5 Å². The molecule has 0 aromatic heterocycles. The third-order valence-corrected chi connectivity index (χ3v) is 11.0. The highest BCUT2D eigenvalue weighted by atomic mass is 32.2. The van der Waals surface area contributed by atoms with Crippen LogP contribution in [-0.2, 0) is 28.6 Å². The SMILES string of the molecule is O=C(CCCNC(=O)OCC1c2ccccc2-c2ccccc21)NCCCNC(=O)COCCOCCNC(=O)CCCC[C@@H]1SC[C@@H]2NC(=O)N[C@@H]21. The van der Waals surface area contributed by atoms with Crippen molar-refractivity contribution >= 4 is 41.6 Å². The number of amides is 6. The standard InChI is InChI=1S/C38H52N6O8S/c45-33(14-6-5-13-32-36-31(25-53-32)43-37(48)44-36)41-19-20-50-21-22-51-24-35(47)40-18-8-17-39-34(46)15-7-16-42-38(49)52-23-30-28-11-3-1-9-26(28)27-10-2-4-12-29(27)30/h1-4,9-12,30-32,36H,5-8,13-25H2,(H,39,46)(H,40,47)(H,41,45)(H,42,49)(H2,43,44,48)/t31-,32-,36-/m0/s1. The van der Waals surface area contributed by atoms with E-state index in [1.165, 1.54) is 11.1 Å². The average Bonchev–Trinajstić information content (AvgIpc) is 3.82. The lowest BCUT2D eigenvalue weighted by atomic mass is 9.98. The summed E-state index contributed by atoms with van der Waals surface area (Å²) in [5.41, 5.74) is 4.65. The van der Waals surface area contributed by atoms with E-state index in [-0.39, 0.29) is 68.0 Å². The summed E-state index contributed by atoms with van der Waals surface area (Å²) in [7, 11) is 0. The molecule has 2 heterocycles. The summed E-state index contributed by atoms with van der Waals surface area (Å²) in [6.45, 7) is 2.63. The molecule has 2 aliphatic heterocycles. The molecule has 5 rings (SSSR count). The summed E-state index contributed by atoms with van der Waals surface area (Å²) in [5, 5.41) is 17.5. The van der Waals surface area contributed by atoms with Crippen molar-refractivity contribution in [3.05, 3.63) is 59.7 Å². The van der Waals surface area contributed by atoms with Crippen molar-refractivity contribution < 1.29 is 38.2 Å². The molecule has 0 bridgehead atoms. The number of fused-ring (bicyclic) bond motifs is 4. The Morgan fingerprint density at radius 3 is 2.09 bits per heavy atom. The van der Waals surface area contributed by atoms with E-state index >= 15 is 0 Å². The van der Waals surface area contributed by atoms with E-state index in [2.05, 4.69) is 56.2 Å². The van der Waals surface area contributed by atoms with Gasteiger partial charge >= 0.3 is 12.1 Å². The zero-order valence-corrected chi connectivity index (χ0v) is 30.9. The molecule has 2 saturated heterocycles. The van der Waals surface area contributed by atoms with Gasteiger partial charge in [-0.3, -0.25) is 14.4 Å². The zero-order chi connectivity index (χ0) is 37.3. The van der Waals surface area contributed by atoms with Gasteiger partial charge in [0.1, 0.15) is 13.2 Å². The Morgan fingerprint density at radius 2 is 1.34 bits per heavy atom. The number of urea groups is 1. The van der Waals surface area contributed by atoms with Gasteiger partial charge in [0.05, 0.1) is 31.9 Å². The van der Waals surface area contributed by atoms with Gasteiger partial charge in [-0.25, -0.2) is 9.59 Å². The molecule has 15 heteroatoms. The first kappa shape index (κ1) is 39.9. The molecule has 0 radical (unpaired) electrons.